The zero-order valence-corrected chi connectivity index (χ0v) is 12.7. The summed E-state index contributed by atoms with van der Waals surface area (Å²) in [7, 11) is 0. The van der Waals surface area contributed by atoms with Crippen molar-refractivity contribution in [3.05, 3.63) is 32.9 Å². The van der Waals surface area contributed by atoms with Gasteiger partial charge in [0.05, 0.1) is 0 Å². The number of aryl methyl sites for hydroxylation is 1. The number of rotatable bonds is 5. The molecule has 0 saturated carbocycles. The van der Waals surface area contributed by atoms with Gasteiger partial charge in [-0.15, -0.1) is 0 Å². The third kappa shape index (κ3) is 4.63. The van der Waals surface area contributed by atoms with Gasteiger partial charge < -0.3 is 10.6 Å². The summed E-state index contributed by atoms with van der Waals surface area (Å²) in [6.07, 6.45) is 0. The summed E-state index contributed by atoms with van der Waals surface area (Å²) in [4.78, 5) is 11.9. The molecule has 1 aromatic rings. The third-order valence-corrected chi connectivity index (χ3v) is 3.72. The third-order valence-electron chi connectivity index (χ3n) is 2.56. The molecule has 4 heteroatoms. The lowest BCUT2D eigenvalue weighted by molar-refractivity contribution is 0.0950. The zero-order chi connectivity index (χ0) is 12.8. The first-order valence-electron chi connectivity index (χ1n) is 5.82. The molecule has 0 fully saturated rings. The van der Waals surface area contributed by atoms with E-state index in [9.17, 15) is 4.79 Å². The van der Waals surface area contributed by atoms with Crippen LogP contribution >= 0.6 is 22.6 Å². The number of hydrogen-bond acceptors (Lipinski definition) is 2. The quantitative estimate of drug-likeness (QED) is 0.804. The van der Waals surface area contributed by atoms with Crippen molar-refractivity contribution >= 4 is 28.5 Å². The van der Waals surface area contributed by atoms with Gasteiger partial charge in [0.15, 0.2) is 0 Å². The van der Waals surface area contributed by atoms with Crippen LogP contribution in [-0.2, 0) is 0 Å². The summed E-state index contributed by atoms with van der Waals surface area (Å²) in [6.45, 7) is 7.72. The van der Waals surface area contributed by atoms with Crippen molar-refractivity contribution in [3.8, 4) is 0 Å². The van der Waals surface area contributed by atoms with Crippen LogP contribution in [-0.4, -0.2) is 25.0 Å². The summed E-state index contributed by atoms with van der Waals surface area (Å²) >= 11 is 2.25. The van der Waals surface area contributed by atoms with Gasteiger partial charge in [0.1, 0.15) is 0 Å². The van der Waals surface area contributed by atoms with E-state index < -0.39 is 0 Å². The summed E-state index contributed by atoms with van der Waals surface area (Å²) in [5.41, 5.74) is 1.92. The van der Waals surface area contributed by atoms with Gasteiger partial charge in [-0.2, -0.15) is 0 Å². The molecule has 0 spiro atoms. The second kappa shape index (κ2) is 6.96. The van der Waals surface area contributed by atoms with E-state index >= 15 is 0 Å². The van der Waals surface area contributed by atoms with Gasteiger partial charge in [-0.1, -0.05) is 13.0 Å². The van der Waals surface area contributed by atoms with E-state index in [1.165, 1.54) is 5.56 Å². The Balaban J connectivity index is 2.55. The van der Waals surface area contributed by atoms with Crippen LogP contribution in [0.3, 0.4) is 0 Å². The molecule has 0 aliphatic carbocycles. The second-order valence-corrected chi connectivity index (χ2v) is 5.29. The number of nitrogens with one attached hydrogen (secondary N) is 2. The number of benzene rings is 1. The Morgan fingerprint density at radius 2 is 2.18 bits per heavy atom. The molecule has 3 nitrogen and oxygen atoms in total. The van der Waals surface area contributed by atoms with Crippen molar-refractivity contribution in [2.45, 2.75) is 26.8 Å². The van der Waals surface area contributed by atoms with Gasteiger partial charge in [0.25, 0.3) is 5.91 Å². The van der Waals surface area contributed by atoms with Crippen molar-refractivity contribution in [2.24, 2.45) is 0 Å². The molecule has 0 heterocycles. The highest BCUT2D eigenvalue weighted by molar-refractivity contribution is 14.1. The van der Waals surface area contributed by atoms with Crippen molar-refractivity contribution in [3.63, 3.8) is 0 Å². The number of carbonyl (C=O) groups is 1. The summed E-state index contributed by atoms with van der Waals surface area (Å²) in [5.74, 6) is -0.00679. The van der Waals surface area contributed by atoms with Crippen LogP contribution in [0.15, 0.2) is 18.2 Å². The maximum atomic E-state index is 11.9. The number of likely N-dealkylation sites (N-methyl/N-ethyl adjacent to an activating group) is 1. The first kappa shape index (κ1) is 14.4. The topological polar surface area (TPSA) is 41.1 Å². The molecule has 1 atom stereocenters. The molecular formula is C13H19IN2O. The number of carbonyl (C=O) groups excluding carboxylic acids is 1. The normalized spacial score (nSPS) is 12.2. The molecule has 0 radical (unpaired) electrons. The molecule has 0 aliphatic rings. The number of amides is 1. The van der Waals surface area contributed by atoms with Crippen molar-refractivity contribution in [2.75, 3.05) is 13.1 Å². The molecule has 0 unspecified atom stereocenters. The first-order chi connectivity index (χ1) is 8.04. The minimum atomic E-state index is -0.00679. The smallest absolute Gasteiger partial charge is 0.251 e. The fourth-order valence-electron chi connectivity index (χ4n) is 1.50. The van der Waals surface area contributed by atoms with E-state index in [-0.39, 0.29) is 5.91 Å². The fraction of sp³-hybridized carbons (Fsp3) is 0.462. The standard InChI is InChI=1S/C13H19IN2O/c1-4-15-10(3)8-16-13(17)11-6-5-9(2)12(14)7-11/h5-7,10,15H,4,8H2,1-3H3,(H,16,17)/t10-/m1/s1. The van der Waals surface area contributed by atoms with E-state index in [2.05, 4.69) is 47.1 Å². The molecule has 1 rings (SSSR count). The van der Waals surface area contributed by atoms with Crippen LogP contribution in [0.1, 0.15) is 29.8 Å². The molecule has 17 heavy (non-hydrogen) atoms. The molecule has 2 N–H and O–H groups in total. The Morgan fingerprint density at radius 1 is 1.47 bits per heavy atom. The zero-order valence-electron chi connectivity index (χ0n) is 10.5. The second-order valence-electron chi connectivity index (χ2n) is 4.13. The Hall–Kier alpha value is -0.620. The van der Waals surface area contributed by atoms with Crippen LogP contribution < -0.4 is 10.6 Å². The summed E-state index contributed by atoms with van der Waals surface area (Å²) in [5, 5.41) is 6.18. The first-order valence-corrected chi connectivity index (χ1v) is 6.90. The minimum Gasteiger partial charge on any atom is -0.350 e. The molecule has 1 aromatic carbocycles. The van der Waals surface area contributed by atoms with Gasteiger partial charge >= 0.3 is 0 Å². The van der Waals surface area contributed by atoms with Gasteiger partial charge in [-0.25, -0.2) is 0 Å². The molecule has 1 amide bonds. The number of halogens is 1. The van der Waals surface area contributed by atoms with Crippen molar-refractivity contribution < 1.29 is 4.79 Å². The maximum Gasteiger partial charge on any atom is 0.251 e. The van der Waals surface area contributed by atoms with Crippen LogP contribution in [0.4, 0.5) is 0 Å². The SMILES string of the molecule is CCN[C@H](C)CNC(=O)c1ccc(C)c(I)c1. The predicted octanol–water partition coefficient (Wildman–Crippen LogP) is 2.33. The van der Waals surface area contributed by atoms with Gasteiger partial charge in [0.2, 0.25) is 0 Å². The van der Waals surface area contributed by atoms with Crippen molar-refractivity contribution in [1.82, 2.24) is 10.6 Å². The van der Waals surface area contributed by atoms with Gasteiger partial charge in [-0.05, 0) is 60.7 Å². The van der Waals surface area contributed by atoms with Crippen LogP contribution in [0.25, 0.3) is 0 Å². The predicted molar refractivity (Wildman–Crippen MR) is 79.4 cm³/mol. The van der Waals surface area contributed by atoms with Gasteiger partial charge in [0, 0.05) is 21.7 Å². The highest BCUT2D eigenvalue weighted by Gasteiger charge is 2.08. The highest BCUT2D eigenvalue weighted by atomic mass is 127. The molecule has 94 valence electrons. The lowest BCUT2D eigenvalue weighted by Gasteiger charge is -2.13. The van der Waals surface area contributed by atoms with E-state index in [0.29, 0.717) is 12.6 Å². The molecule has 0 saturated heterocycles. The molecule has 0 aliphatic heterocycles. The molecule has 0 aromatic heterocycles. The Kier molecular flexibility index (Phi) is 5.91. The minimum absolute atomic E-state index is 0.00679. The summed E-state index contributed by atoms with van der Waals surface area (Å²) in [6, 6.07) is 6.06. The van der Waals surface area contributed by atoms with E-state index in [1.54, 1.807) is 0 Å². The van der Waals surface area contributed by atoms with E-state index in [1.807, 2.05) is 25.1 Å². The fourth-order valence-corrected chi connectivity index (χ4v) is 2.02. The largest absolute Gasteiger partial charge is 0.350 e. The van der Waals surface area contributed by atoms with Crippen LogP contribution in [0.2, 0.25) is 0 Å². The highest BCUT2D eigenvalue weighted by Crippen LogP contribution is 2.13. The average molecular weight is 346 g/mol. The van der Waals surface area contributed by atoms with Crippen LogP contribution in [0, 0.1) is 10.5 Å². The average Bonchev–Trinajstić information content (AvgIpc) is 2.30. The Labute approximate surface area is 117 Å². The van der Waals surface area contributed by atoms with Crippen molar-refractivity contribution in [1.29, 1.82) is 0 Å². The molecular weight excluding hydrogens is 327 g/mol. The molecule has 0 bridgehead atoms. The lowest BCUT2D eigenvalue weighted by Crippen LogP contribution is -2.38. The van der Waals surface area contributed by atoms with E-state index in [4.69, 9.17) is 0 Å². The number of hydrogen-bond donors (Lipinski definition) is 2. The van der Waals surface area contributed by atoms with Crippen LogP contribution in [0.5, 0.6) is 0 Å². The lowest BCUT2D eigenvalue weighted by atomic mass is 10.1. The van der Waals surface area contributed by atoms with E-state index in [0.717, 1.165) is 15.7 Å². The Bertz CT molecular complexity index is 393. The Morgan fingerprint density at radius 3 is 2.76 bits per heavy atom. The maximum absolute atomic E-state index is 11.9. The monoisotopic (exact) mass is 346 g/mol. The summed E-state index contributed by atoms with van der Waals surface area (Å²) < 4.78 is 1.12. The van der Waals surface area contributed by atoms with Gasteiger partial charge in [-0.3, -0.25) is 4.79 Å².